The van der Waals surface area contributed by atoms with Crippen molar-refractivity contribution in [2.45, 2.75) is 12.1 Å². The molecule has 0 spiro atoms. The highest BCUT2D eigenvalue weighted by molar-refractivity contribution is 9.13. The lowest BCUT2D eigenvalue weighted by Crippen LogP contribution is -2.45. The van der Waals surface area contributed by atoms with Crippen LogP contribution >= 0.6 is 47.8 Å². The number of piperazine rings is 1. The van der Waals surface area contributed by atoms with E-state index in [1.54, 1.807) is 6.07 Å². The summed E-state index contributed by atoms with van der Waals surface area (Å²) in [6, 6.07) is 8.51. The van der Waals surface area contributed by atoms with Gasteiger partial charge in [0.15, 0.2) is 0 Å². The predicted molar refractivity (Wildman–Crippen MR) is 127 cm³/mol. The van der Waals surface area contributed by atoms with Gasteiger partial charge in [-0.25, -0.2) is 0 Å². The Morgan fingerprint density at radius 2 is 1.86 bits per heavy atom. The Hall–Kier alpha value is -1.32. The van der Waals surface area contributed by atoms with Gasteiger partial charge in [-0.15, -0.1) is 0 Å². The molecule has 8 heteroatoms. The number of aromatic amines is 2. The third-order valence-electron chi connectivity index (χ3n) is 5.83. The van der Waals surface area contributed by atoms with Gasteiger partial charge in [-0.1, -0.05) is 22.0 Å². The van der Waals surface area contributed by atoms with E-state index in [0.717, 1.165) is 48.5 Å². The first-order valence-electron chi connectivity index (χ1n) is 9.32. The molecule has 1 aliphatic rings. The summed E-state index contributed by atoms with van der Waals surface area (Å²) >= 11 is 10.6. The second kappa shape index (κ2) is 7.42. The number of likely N-dealkylation sites (N-methyl/N-ethyl adjacent to an activating group) is 1. The summed E-state index contributed by atoms with van der Waals surface area (Å²) in [6.45, 7) is 1.67. The summed E-state index contributed by atoms with van der Waals surface area (Å²) in [4.78, 5) is 9.09. The van der Waals surface area contributed by atoms with E-state index in [4.69, 9.17) is 0 Å². The maximum atomic E-state index is 10.6. The zero-order chi connectivity index (χ0) is 20.3. The molecule has 1 aliphatic heterocycles. The number of aromatic hydroxyl groups is 1. The van der Waals surface area contributed by atoms with E-state index in [1.165, 1.54) is 10.9 Å². The molecule has 29 heavy (non-hydrogen) atoms. The Bertz CT molecular complexity index is 1230. The van der Waals surface area contributed by atoms with Crippen molar-refractivity contribution in [3.05, 3.63) is 61.2 Å². The largest absolute Gasteiger partial charge is 0.507 e. The summed E-state index contributed by atoms with van der Waals surface area (Å²) in [6.07, 6.45) is 4.11. The Morgan fingerprint density at radius 3 is 2.66 bits per heavy atom. The average molecular weight is 583 g/mol. The molecule has 5 rings (SSSR count). The zero-order valence-electron chi connectivity index (χ0n) is 15.6. The van der Waals surface area contributed by atoms with Gasteiger partial charge in [0.05, 0.1) is 9.99 Å². The second-order valence-corrected chi connectivity index (χ2v) is 10.1. The number of fused-ring (bicyclic) bond motifs is 2. The third kappa shape index (κ3) is 3.25. The lowest BCUT2D eigenvalue weighted by molar-refractivity contribution is 0.166. The number of phenols is 1. The minimum absolute atomic E-state index is 0.128. The van der Waals surface area contributed by atoms with E-state index in [2.05, 4.69) is 99.4 Å². The molecule has 2 unspecified atom stereocenters. The Balaban J connectivity index is 1.46. The molecule has 2 aromatic carbocycles. The highest BCUT2D eigenvalue weighted by atomic mass is 79.9. The van der Waals surface area contributed by atoms with E-state index < -0.39 is 0 Å². The predicted octanol–water partition coefficient (Wildman–Crippen LogP) is 5.96. The first kappa shape index (κ1) is 19.6. The standard InChI is InChI=1S/C21H19Br3N4O/c1-28-9-16(13-7-27-21-19(13)18(29)5-14(23)20(21)24)26-8-17(28)12-6-25-15-4-10(22)2-3-11(12)15/h2-7,16-17,25-27,29H,8-9H2,1H3. The maximum Gasteiger partial charge on any atom is 0.126 e. The lowest BCUT2D eigenvalue weighted by Gasteiger charge is -2.38. The normalized spacial score (nSPS) is 20.7. The Labute approximate surface area is 193 Å². The summed E-state index contributed by atoms with van der Waals surface area (Å²) in [5.41, 5.74) is 4.43. The molecule has 0 bridgehead atoms. The van der Waals surface area contributed by atoms with Gasteiger partial charge in [-0.05, 0) is 68.2 Å². The van der Waals surface area contributed by atoms with Crippen LogP contribution < -0.4 is 5.32 Å². The van der Waals surface area contributed by atoms with Gasteiger partial charge >= 0.3 is 0 Å². The molecule has 0 saturated carbocycles. The van der Waals surface area contributed by atoms with Gasteiger partial charge in [0.1, 0.15) is 5.75 Å². The molecule has 2 atom stereocenters. The van der Waals surface area contributed by atoms with E-state index in [-0.39, 0.29) is 17.8 Å². The summed E-state index contributed by atoms with van der Waals surface area (Å²) in [7, 11) is 2.16. The van der Waals surface area contributed by atoms with Crippen molar-refractivity contribution in [3.8, 4) is 5.75 Å². The highest BCUT2D eigenvalue weighted by Crippen LogP contribution is 2.41. The summed E-state index contributed by atoms with van der Waals surface area (Å²) < 4.78 is 2.82. The van der Waals surface area contributed by atoms with Crippen molar-refractivity contribution < 1.29 is 5.11 Å². The van der Waals surface area contributed by atoms with Crippen LogP contribution in [0.5, 0.6) is 5.75 Å². The SMILES string of the molecule is CN1CC(c2c[nH]c3c(Br)c(Br)cc(O)c23)NCC1c1c[nH]c2cc(Br)ccc12. The lowest BCUT2D eigenvalue weighted by atomic mass is 9.97. The molecule has 4 aromatic rings. The van der Waals surface area contributed by atoms with Crippen molar-refractivity contribution in [2.75, 3.05) is 20.1 Å². The van der Waals surface area contributed by atoms with Gasteiger partial charge < -0.3 is 20.4 Å². The molecule has 0 aliphatic carbocycles. The van der Waals surface area contributed by atoms with Gasteiger partial charge in [-0.3, -0.25) is 4.90 Å². The quantitative estimate of drug-likeness (QED) is 0.236. The minimum atomic E-state index is 0.128. The first-order valence-corrected chi connectivity index (χ1v) is 11.7. The number of hydrogen-bond donors (Lipinski definition) is 4. The van der Waals surface area contributed by atoms with Crippen LogP contribution in [0, 0.1) is 0 Å². The highest BCUT2D eigenvalue weighted by Gasteiger charge is 2.31. The van der Waals surface area contributed by atoms with E-state index >= 15 is 0 Å². The van der Waals surface area contributed by atoms with Crippen molar-refractivity contribution in [1.29, 1.82) is 0 Å². The number of nitrogens with zero attached hydrogens (tertiary/aromatic N) is 1. The minimum Gasteiger partial charge on any atom is -0.507 e. The maximum absolute atomic E-state index is 10.6. The fraction of sp³-hybridized carbons (Fsp3) is 0.238. The molecular weight excluding hydrogens is 564 g/mol. The average Bonchev–Trinajstić information content (AvgIpc) is 3.30. The molecule has 0 amide bonds. The third-order valence-corrected chi connectivity index (χ3v) is 8.30. The van der Waals surface area contributed by atoms with Crippen LogP contribution in [-0.4, -0.2) is 40.1 Å². The van der Waals surface area contributed by atoms with Crippen LogP contribution in [0.15, 0.2) is 50.1 Å². The summed E-state index contributed by atoms with van der Waals surface area (Å²) in [5, 5.41) is 16.4. The van der Waals surface area contributed by atoms with Gasteiger partial charge in [0.2, 0.25) is 0 Å². The second-order valence-electron chi connectivity index (χ2n) is 7.54. The summed E-state index contributed by atoms with van der Waals surface area (Å²) in [5.74, 6) is 0.278. The van der Waals surface area contributed by atoms with Crippen LogP contribution in [0.3, 0.4) is 0 Å². The molecule has 2 aromatic heterocycles. The number of phenolic OH excluding ortho intramolecular Hbond substituents is 1. The topological polar surface area (TPSA) is 67.1 Å². The van der Waals surface area contributed by atoms with Crippen LogP contribution in [0.1, 0.15) is 23.2 Å². The molecule has 3 heterocycles. The monoisotopic (exact) mass is 580 g/mol. The Kier molecular flexibility index (Phi) is 5.03. The number of benzene rings is 2. The smallest absolute Gasteiger partial charge is 0.126 e. The van der Waals surface area contributed by atoms with Crippen LogP contribution in [0.25, 0.3) is 21.8 Å². The number of aromatic nitrogens is 2. The van der Waals surface area contributed by atoms with Crippen LogP contribution in [-0.2, 0) is 0 Å². The van der Waals surface area contributed by atoms with E-state index in [1.807, 2.05) is 6.20 Å². The van der Waals surface area contributed by atoms with Crippen molar-refractivity contribution in [2.24, 2.45) is 0 Å². The van der Waals surface area contributed by atoms with Crippen LogP contribution in [0.4, 0.5) is 0 Å². The number of rotatable bonds is 2. The molecule has 5 nitrogen and oxygen atoms in total. The number of nitrogens with one attached hydrogen (secondary N) is 3. The number of H-pyrrole nitrogens is 2. The first-order chi connectivity index (χ1) is 13.9. The van der Waals surface area contributed by atoms with Crippen molar-refractivity contribution in [1.82, 2.24) is 20.2 Å². The number of halogens is 3. The van der Waals surface area contributed by atoms with Gasteiger partial charge in [0, 0.05) is 62.8 Å². The molecular formula is C21H19Br3N4O. The van der Waals surface area contributed by atoms with Crippen LogP contribution in [0.2, 0.25) is 0 Å². The molecule has 150 valence electrons. The van der Waals surface area contributed by atoms with E-state index in [0.29, 0.717) is 0 Å². The molecule has 0 radical (unpaired) electrons. The Morgan fingerprint density at radius 1 is 1.07 bits per heavy atom. The van der Waals surface area contributed by atoms with Crippen molar-refractivity contribution in [3.63, 3.8) is 0 Å². The fourth-order valence-electron chi connectivity index (χ4n) is 4.38. The fourth-order valence-corrected chi connectivity index (χ4v) is 5.58. The zero-order valence-corrected chi connectivity index (χ0v) is 20.3. The number of hydrogen-bond acceptors (Lipinski definition) is 3. The molecule has 4 N–H and O–H groups in total. The van der Waals surface area contributed by atoms with Crippen molar-refractivity contribution >= 4 is 69.6 Å². The van der Waals surface area contributed by atoms with E-state index in [9.17, 15) is 5.11 Å². The van der Waals surface area contributed by atoms with Gasteiger partial charge in [0.25, 0.3) is 0 Å². The molecule has 1 saturated heterocycles. The van der Waals surface area contributed by atoms with Gasteiger partial charge in [-0.2, -0.15) is 0 Å². The molecule has 1 fully saturated rings.